The topological polar surface area (TPSA) is 90.0 Å². The molecule has 0 bridgehead atoms. The minimum absolute atomic E-state index is 0.217. The van der Waals surface area contributed by atoms with Gasteiger partial charge in [-0.15, -0.1) is 0 Å². The van der Waals surface area contributed by atoms with Gasteiger partial charge in [0.05, 0.1) is 11.2 Å². The summed E-state index contributed by atoms with van der Waals surface area (Å²) in [6.45, 7) is 3.06. The summed E-state index contributed by atoms with van der Waals surface area (Å²) in [5, 5.41) is 0. The number of aryl methyl sites for hydroxylation is 2. The highest BCUT2D eigenvalue weighted by molar-refractivity contribution is 7.89. The zero-order chi connectivity index (χ0) is 15.3. The molecule has 0 amide bonds. The van der Waals surface area contributed by atoms with Gasteiger partial charge in [-0.1, -0.05) is 0 Å². The molecule has 0 saturated heterocycles. The Hall–Kier alpha value is -1.86. The molecule has 7 heteroatoms. The number of benzene rings is 1. The van der Waals surface area contributed by atoms with Gasteiger partial charge in [-0.2, -0.15) is 0 Å². The Balaban J connectivity index is 1.83. The molecular weight excluding hydrogens is 288 g/mol. The van der Waals surface area contributed by atoms with Crippen molar-refractivity contribution in [2.24, 2.45) is 0 Å². The Morgan fingerprint density at radius 3 is 2.76 bits per heavy atom. The van der Waals surface area contributed by atoms with Gasteiger partial charge in [0.15, 0.2) is 0 Å². The first-order valence-corrected chi connectivity index (χ1v) is 8.28. The van der Waals surface area contributed by atoms with Crippen LogP contribution in [0.4, 0.5) is 5.69 Å². The third-order valence-corrected chi connectivity index (χ3v) is 4.52. The molecule has 6 nitrogen and oxygen atoms in total. The average Bonchev–Trinajstić information content (AvgIpc) is 2.90. The zero-order valence-corrected chi connectivity index (χ0v) is 12.8. The van der Waals surface area contributed by atoms with E-state index in [1.807, 2.05) is 17.7 Å². The van der Waals surface area contributed by atoms with Crippen LogP contribution in [0.25, 0.3) is 0 Å². The second-order valence-corrected chi connectivity index (χ2v) is 6.75. The normalized spacial score (nSPS) is 11.7. The van der Waals surface area contributed by atoms with Crippen LogP contribution in [-0.4, -0.2) is 24.5 Å². The van der Waals surface area contributed by atoms with Crippen molar-refractivity contribution in [2.75, 3.05) is 12.3 Å². The van der Waals surface area contributed by atoms with Crippen LogP contribution in [0.2, 0.25) is 0 Å². The average molecular weight is 308 g/mol. The van der Waals surface area contributed by atoms with Crippen molar-refractivity contribution in [2.45, 2.75) is 31.2 Å². The fraction of sp³-hybridized carbons (Fsp3) is 0.357. The van der Waals surface area contributed by atoms with Crippen molar-refractivity contribution >= 4 is 15.7 Å². The van der Waals surface area contributed by atoms with Gasteiger partial charge in [-0.05, 0) is 43.5 Å². The van der Waals surface area contributed by atoms with Crippen LogP contribution < -0.4 is 10.5 Å². The van der Waals surface area contributed by atoms with Crippen molar-refractivity contribution in [3.63, 3.8) is 0 Å². The van der Waals surface area contributed by atoms with Gasteiger partial charge in [0.1, 0.15) is 0 Å². The molecule has 0 fully saturated rings. The van der Waals surface area contributed by atoms with Crippen molar-refractivity contribution in [1.82, 2.24) is 14.3 Å². The molecule has 0 aliphatic carbocycles. The molecule has 0 unspecified atom stereocenters. The number of imidazole rings is 1. The first-order valence-electron chi connectivity index (χ1n) is 6.80. The summed E-state index contributed by atoms with van der Waals surface area (Å²) in [6, 6.07) is 4.83. The van der Waals surface area contributed by atoms with Gasteiger partial charge in [0, 0.05) is 31.2 Å². The predicted molar refractivity (Wildman–Crippen MR) is 82.2 cm³/mol. The van der Waals surface area contributed by atoms with Crippen molar-refractivity contribution < 1.29 is 8.42 Å². The number of nitrogens with two attached hydrogens (primary N) is 1. The van der Waals surface area contributed by atoms with Gasteiger partial charge in [-0.3, -0.25) is 0 Å². The third kappa shape index (κ3) is 4.57. The number of nitrogens with zero attached hydrogens (tertiary/aromatic N) is 2. The highest BCUT2D eigenvalue weighted by Gasteiger charge is 2.14. The van der Waals surface area contributed by atoms with E-state index in [2.05, 4.69) is 9.71 Å². The number of unbranched alkanes of at least 4 members (excludes halogenated alkanes) is 1. The highest BCUT2D eigenvalue weighted by Crippen LogP contribution is 2.16. The summed E-state index contributed by atoms with van der Waals surface area (Å²) >= 11 is 0. The molecular formula is C14H20N4O2S. The van der Waals surface area contributed by atoms with E-state index >= 15 is 0 Å². The molecule has 1 heterocycles. The van der Waals surface area contributed by atoms with Gasteiger partial charge >= 0.3 is 0 Å². The molecule has 0 atom stereocenters. The van der Waals surface area contributed by atoms with E-state index in [0.717, 1.165) is 24.9 Å². The Morgan fingerprint density at radius 2 is 2.10 bits per heavy atom. The number of anilines is 1. The Morgan fingerprint density at radius 1 is 1.29 bits per heavy atom. The second kappa shape index (κ2) is 6.73. The lowest BCUT2D eigenvalue weighted by Gasteiger charge is -2.08. The monoisotopic (exact) mass is 308 g/mol. The third-order valence-electron chi connectivity index (χ3n) is 3.08. The Kier molecular flexibility index (Phi) is 4.98. The number of sulfonamides is 1. The van der Waals surface area contributed by atoms with E-state index in [0.29, 0.717) is 12.2 Å². The van der Waals surface area contributed by atoms with E-state index in [9.17, 15) is 8.42 Å². The highest BCUT2D eigenvalue weighted by atomic mass is 32.2. The predicted octanol–water partition coefficient (Wildman–Crippen LogP) is 1.53. The standard InChI is InChI=1S/C14H20N4O2S/c1-12-8-13(15)10-14(9-12)21(19,20)17-4-2-3-6-18-7-5-16-11-18/h5,7-11,17H,2-4,6,15H2,1H3. The van der Waals surface area contributed by atoms with Crippen LogP contribution in [0, 0.1) is 6.92 Å². The molecule has 0 saturated carbocycles. The minimum Gasteiger partial charge on any atom is -0.399 e. The van der Waals surface area contributed by atoms with Crippen molar-refractivity contribution in [3.05, 3.63) is 42.5 Å². The SMILES string of the molecule is Cc1cc(N)cc(S(=O)(=O)NCCCCn2ccnc2)c1. The largest absolute Gasteiger partial charge is 0.399 e. The van der Waals surface area contributed by atoms with Gasteiger partial charge in [-0.25, -0.2) is 18.1 Å². The van der Waals surface area contributed by atoms with Crippen molar-refractivity contribution in [3.8, 4) is 0 Å². The van der Waals surface area contributed by atoms with E-state index in [-0.39, 0.29) is 4.90 Å². The molecule has 3 N–H and O–H groups in total. The fourth-order valence-corrected chi connectivity index (χ4v) is 3.27. The van der Waals surface area contributed by atoms with Crippen LogP contribution in [-0.2, 0) is 16.6 Å². The summed E-state index contributed by atoms with van der Waals surface area (Å²) in [5.74, 6) is 0. The molecule has 2 rings (SSSR count). The molecule has 0 aliphatic rings. The van der Waals surface area contributed by atoms with Crippen LogP contribution >= 0.6 is 0 Å². The second-order valence-electron chi connectivity index (χ2n) is 4.98. The van der Waals surface area contributed by atoms with Crippen LogP contribution in [0.5, 0.6) is 0 Å². The number of nitrogens with one attached hydrogen (secondary N) is 1. The van der Waals surface area contributed by atoms with Crippen LogP contribution in [0.1, 0.15) is 18.4 Å². The smallest absolute Gasteiger partial charge is 0.240 e. The Labute approximate surface area is 125 Å². The molecule has 0 spiro atoms. The summed E-state index contributed by atoms with van der Waals surface area (Å²) < 4.78 is 28.9. The molecule has 1 aromatic heterocycles. The maximum absolute atomic E-state index is 12.1. The van der Waals surface area contributed by atoms with Crippen LogP contribution in [0.15, 0.2) is 41.8 Å². The number of nitrogen functional groups attached to an aromatic ring is 1. The van der Waals surface area contributed by atoms with Crippen molar-refractivity contribution in [1.29, 1.82) is 0 Å². The lowest BCUT2D eigenvalue weighted by molar-refractivity contribution is 0.566. The maximum atomic E-state index is 12.1. The maximum Gasteiger partial charge on any atom is 0.240 e. The first kappa shape index (κ1) is 15.5. The van der Waals surface area contributed by atoms with E-state index in [4.69, 9.17) is 5.73 Å². The first-order chi connectivity index (χ1) is 9.97. The summed E-state index contributed by atoms with van der Waals surface area (Å²) in [6.07, 6.45) is 7.01. The van der Waals surface area contributed by atoms with Gasteiger partial charge < -0.3 is 10.3 Å². The molecule has 2 aromatic rings. The quantitative estimate of drug-likeness (QED) is 0.599. The summed E-state index contributed by atoms with van der Waals surface area (Å²) in [5.41, 5.74) is 6.97. The van der Waals surface area contributed by atoms with E-state index in [1.165, 1.54) is 6.07 Å². The fourth-order valence-electron chi connectivity index (χ4n) is 2.06. The lowest BCUT2D eigenvalue weighted by atomic mass is 10.2. The molecule has 0 aliphatic heterocycles. The summed E-state index contributed by atoms with van der Waals surface area (Å²) in [7, 11) is -3.49. The molecule has 21 heavy (non-hydrogen) atoms. The van der Waals surface area contributed by atoms with Gasteiger partial charge in [0.2, 0.25) is 10.0 Å². The van der Waals surface area contributed by atoms with E-state index < -0.39 is 10.0 Å². The number of hydrogen-bond acceptors (Lipinski definition) is 4. The van der Waals surface area contributed by atoms with E-state index in [1.54, 1.807) is 24.7 Å². The summed E-state index contributed by atoms with van der Waals surface area (Å²) in [4.78, 5) is 4.17. The number of aromatic nitrogens is 2. The molecule has 114 valence electrons. The number of rotatable bonds is 7. The lowest BCUT2D eigenvalue weighted by Crippen LogP contribution is -2.25. The molecule has 1 aromatic carbocycles. The number of hydrogen-bond donors (Lipinski definition) is 2. The minimum atomic E-state index is -3.49. The van der Waals surface area contributed by atoms with Gasteiger partial charge in [0.25, 0.3) is 0 Å². The molecule has 0 radical (unpaired) electrons. The zero-order valence-electron chi connectivity index (χ0n) is 12.0. The van der Waals surface area contributed by atoms with Crippen LogP contribution in [0.3, 0.4) is 0 Å². The Bertz CT molecular complexity index is 661.